The molecule has 0 aliphatic rings. The van der Waals surface area contributed by atoms with Gasteiger partial charge in [-0.3, -0.25) is 4.89 Å². The minimum absolute atomic E-state index is 0.344. The smallest absolute Gasteiger partial charge is 0.395 e. The fraction of sp³-hybridized carbons (Fsp3) is 0.333. The van der Waals surface area contributed by atoms with Crippen LogP contribution in [-0.2, 0) is 17.4 Å². The van der Waals surface area contributed by atoms with Gasteiger partial charge >= 0.3 is 7.82 Å². The molecule has 2 rings (SSSR count). The van der Waals surface area contributed by atoms with Crippen LogP contribution in [0.4, 0.5) is 0 Å². The molecule has 0 radical (unpaired) electrons. The normalized spacial score (nSPS) is 11.3. The Kier molecular flexibility index (Phi) is 5.51. The van der Waals surface area contributed by atoms with Crippen LogP contribution in [0.25, 0.3) is 0 Å². The van der Waals surface area contributed by atoms with Crippen molar-refractivity contribution in [2.24, 2.45) is 0 Å². The summed E-state index contributed by atoms with van der Waals surface area (Å²) >= 11 is 0. The molecule has 2 aromatic rings. The molecule has 0 saturated heterocycles. The van der Waals surface area contributed by atoms with Crippen LogP contribution in [0.3, 0.4) is 0 Å². The van der Waals surface area contributed by atoms with Gasteiger partial charge in [0.1, 0.15) is 11.5 Å². The van der Waals surface area contributed by atoms with E-state index in [2.05, 4.69) is 0 Å². The van der Waals surface area contributed by atoms with Gasteiger partial charge in [0, 0.05) is 0 Å². The lowest BCUT2D eigenvalue weighted by Gasteiger charge is -2.16. The second kappa shape index (κ2) is 7.20. The maximum Gasteiger partial charge on any atom is 0.584 e. The predicted octanol–water partition coefficient (Wildman–Crippen LogP) is 4.99. The third-order valence-electron chi connectivity index (χ3n) is 3.48. The lowest BCUT2D eigenvalue weighted by Crippen LogP contribution is -2.01. The summed E-state index contributed by atoms with van der Waals surface area (Å²) in [5, 5.41) is 0. The Hall–Kier alpha value is -1.77. The van der Waals surface area contributed by atoms with Crippen LogP contribution < -0.4 is 9.05 Å². The van der Waals surface area contributed by atoms with Gasteiger partial charge in [0.05, 0.1) is 0 Å². The number of hydrogen-bond donors (Lipinski definition) is 1. The molecule has 0 unspecified atom stereocenters. The van der Waals surface area contributed by atoms with Gasteiger partial charge in [0.15, 0.2) is 0 Å². The zero-order chi connectivity index (χ0) is 17.0. The summed E-state index contributed by atoms with van der Waals surface area (Å²) in [6.45, 7) is 7.88. The van der Waals surface area contributed by atoms with Crippen molar-refractivity contribution in [3.63, 3.8) is 0 Å². The van der Waals surface area contributed by atoms with Crippen LogP contribution in [-0.4, -0.2) is 4.89 Å². The number of rotatable bonds is 6. The van der Waals surface area contributed by atoms with Crippen LogP contribution in [0.1, 0.15) is 36.1 Å². The van der Waals surface area contributed by atoms with E-state index in [0.717, 1.165) is 35.1 Å². The van der Waals surface area contributed by atoms with Gasteiger partial charge in [0.2, 0.25) is 0 Å². The topological polar surface area (TPSA) is 55.8 Å². The van der Waals surface area contributed by atoms with E-state index < -0.39 is 7.82 Å². The van der Waals surface area contributed by atoms with Crippen LogP contribution in [0.2, 0.25) is 0 Å². The van der Waals surface area contributed by atoms with Gasteiger partial charge in [-0.1, -0.05) is 26.0 Å². The van der Waals surface area contributed by atoms with Crippen molar-refractivity contribution in [1.82, 2.24) is 0 Å². The molecule has 0 saturated carbocycles. The standard InChI is InChI=1S/C18H23O4P/c1-5-15-7-13(3)9-17(11-15)21-23(19,20)22-18-10-14(4)8-16(6-2)12-18/h7-12H,5-6H2,1-4H3,(H,19,20). The van der Waals surface area contributed by atoms with E-state index in [0.29, 0.717) is 11.5 Å². The largest absolute Gasteiger partial charge is 0.584 e. The summed E-state index contributed by atoms with van der Waals surface area (Å²) in [7, 11) is -4.24. The third-order valence-corrected chi connectivity index (χ3v) is 4.36. The monoisotopic (exact) mass is 334 g/mol. The van der Waals surface area contributed by atoms with Gasteiger partial charge in [-0.15, -0.1) is 0 Å². The Bertz CT molecular complexity index is 680. The van der Waals surface area contributed by atoms with Crippen molar-refractivity contribution >= 4 is 7.82 Å². The van der Waals surface area contributed by atoms with Gasteiger partial charge in [-0.25, -0.2) is 4.57 Å². The molecule has 0 amide bonds. The van der Waals surface area contributed by atoms with Gasteiger partial charge < -0.3 is 9.05 Å². The molecule has 0 aromatic heterocycles. The molecule has 124 valence electrons. The van der Waals surface area contributed by atoms with E-state index >= 15 is 0 Å². The first-order valence-corrected chi connectivity index (χ1v) is 9.24. The van der Waals surface area contributed by atoms with Crippen molar-refractivity contribution in [2.45, 2.75) is 40.5 Å². The maximum atomic E-state index is 12.3. The number of phosphoric acid groups is 1. The molecular formula is C18H23O4P. The number of benzene rings is 2. The molecular weight excluding hydrogens is 311 g/mol. The Morgan fingerprint density at radius 2 is 1.22 bits per heavy atom. The van der Waals surface area contributed by atoms with Gasteiger partial charge in [-0.2, -0.15) is 0 Å². The summed E-state index contributed by atoms with van der Waals surface area (Å²) in [4.78, 5) is 10.0. The quantitative estimate of drug-likeness (QED) is 0.756. The molecule has 0 heterocycles. The second-order valence-electron chi connectivity index (χ2n) is 5.67. The van der Waals surface area contributed by atoms with E-state index in [-0.39, 0.29) is 0 Å². The fourth-order valence-corrected chi connectivity index (χ4v) is 3.23. The molecule has 23 heavy (non-hydrogen) atoms. The molecule has 0 aliphatic heterocycles. The lowest BCUT2D eigenvalue weighted by atomic mass is 10.1. The van der Waals surface area contributed by atoms with Crippen LogP contribution in [0, 0.1) is 13.8 Å². The zero-order valence-electron chi connectivity index (χ0n) is 14.0. The summed E-state index contributed by atoms with van der Waals surface area (Å²) < 4.78 is 22.7. The Labute approximate surface area is 137 Å². The fourth-order valence-electron chi connectivity index (χ4n) is 2.45. The van der Waals surface area contributed by atoms with Crippen molar-refractivity contribution in [2.75, 3.05) is 0 Å². The van der Waals surface area contributed by atoms with E-state index in [1.807, 2.05) is 39.8 Å². The molecule has 0 aliphatic carbocycles. The SMILES string of the molecule is CCc1cc(C)cc(OP(=O)(O)Oc2cc(C)cc(CC)c2)c1. The molecule has 0 atom stereocenters. The average molecular weight is 334 g/mol. The molecule has 1 N–H and O–H groups in total. The highest BCUT2D eigenvalue weighted by Gasteiger charge is 2.25. The summed E-state index contributed by atoms with van der Waals surface area (Å²) in [6, 6.07) is 11.0. The average Bonchev–Trinajstić information content (AvgIpc) is 2.44. The third kappa shape index (κ3) is 5.12. The zero-order valence-corrected chi connectivity index (χ0v) is 14.9. The van der Waals surface area contributed by atoms with Gasteiger partial charge in [0.25, 0.3) is 0 Å². The Balaban J connectivity index is 2.21. The molecule has 0 bridgehead atoms. The number of aryl methyl sites for hydroxylation is 4. The number of hydrogen-bond acceptors (Lipinski definition) is 3. The van der Waals surface area contributed by atoms with Crippen molar-refractivity contribution in [3.8, 4) is 11.5 Å². The van der Waals surface area contributed by atoms with Crippen molar-refractivity contribution < 1.29 is 18.5 Å². The first-order valence-electron chi connectivity index (χ1n) is 7.74. The van der Waals surface area contributed by atoms with Crippen molar-refractivity contribution in [1.29, 1.82) is 0 Å². The van der Waals surface area contributed by atoms with Crippen LogP contribution in [0.15, 0.2) is 36.4 Å². The highest BCUT2D eigenvalue weighted by Crippen LogP contribution is 2.45. The molecule has 2 aromatic carbocycles. The molecule has 5 heteroatoms. The van der Waals surface area contributed by atoms with E-state index in [1.54, 1.807) is 24.3 Å². The summed E-state index contributed by atoms with van der Waals surface area (Å²) in [5.41, 5.74) is 4.04. The van der Waals surface area contributed by atoms with E-state index in [4.69, 9.17) is 9.05 Å². The predicted molar refractivity (Wildman–Crippen MR) is 92.2 cm³/mol. The molecule has 0 fully saturated rings. The molecule has 0 spiro atoms. The minimum atomic E-state index is -4.24. The number of phosphoric ester groups is 1. The summed E-state index contributed by atoms with van der Waals surface area (Å²) in [6.07, 6.45) is 1.65. The second-order valence-corrected chi connectivity index (χ2v) is 6.97. The first kappa shape index (κ1) is 17.6. The maximum absolute atomic E-state index is 12.3. The summed E-state index contributed by atoms with van der Waals surface area (Å²) in [5.74, 6) is 0.687. The van der Waals surface area contributed by atoms with Gasteiger partial charge in [-0.05, 0) is 73.2 Å². The highest BCUT2D eigenvalue weighted by atomic mass is 31.2. The van der Waals surface area contributed by atoms with Crippen LogP contribution in [0.5, 0.6) is 11.5 Å². The van der Waals surface area contributed by atoms with Crippen LogP contribution >= 0.6 is 7.82 Å². The Morgan fingerprint density at radius 3 is 1.57 bits per heavy atom. The van der Waals surface area contributed by atoms with E-state index in [9.17, 15) is 9.46 Å². The minimum Gasteiger partial charge on any atom is -0.395 e. The Morgan fingerprint density at radius 1 is 0.826 bits per heavy atom. The molecule has 4 nitrogen and oxygen atoms in total. The lowest BCUT2D eigenvalue weighted by molar-refractivity contribution is 0.290. The van der Waals surface area contributed by atoms with Crippen molar-refractivity contribution in [3.05, 3.63) is 58.7 Å². The van der Waals surface area contributed by atoms with E-state index in [1.165, 1.54) is 0 Å². The highest BCUT2D eigenvalue weighted by molar-refractivity contribution is 7.48. The first-order chi connectivity index (χ1) is 10.8.